The van der Waals surface area contributed by atoms with E-state index in [2.05, 4.69) is 22.1 Å². The molecule has 1 heterocycles. The van der Waals surface area contributed by atoms with Gasteiger partial charge in [-0.15, -0.1) is 16.8 Å². The van der Waals surface area contributed by atoms with Gasteiger partial charge in [0, 0.05) is 28.8 Å². The molecule has 0 saturated carbocycles. The fraction of sp³-hybridized carbons (Fsp3) is 0.0741. The third-order valence-corrected chi connectivity index (χ3v) is 6.59. The van der Waals surface area contributed by atoms with Crippen LogP contribution in [0.3, 0.4) is 0 Å². The molecule has 35 heavy (non-hydrogen) atoms. The van der Waals surface area contributed by atoms with Crippen molar-refractivity contribution in [3.8, 4) is 11.4 Å². The molecule has 8 heteroatoms. The summed E-state index contributed by atoms with van der Waals surface area (Å²) in [4.78, 5) is 38.9. The lowest BCUT2D eigenvalue weighted by atomic mass is 9.83. The summed E-state index contributed by atoms with van der Waals surface area (Å²) in [7, 11) is 0. The SMILES string of the molecule is C=CCn1c(SCC(=O)Nc2cccc3c2C(=O)c2ccccc2C3=O)nnc1-c1ccccc1. The summed E-state index contributed by atoms with van der Waals surface area (Å²) in [5.41, 5.74) is 2.45. The Labute approximate surface area is 205 Å². The second-order valence-electron chi connectivity index (χ2n) is 7.84. The normalized spacial score (nSPS) is 12.1. The number of ketones is 2. The third kappa shape index (κ3) is 4.20. The van der Waals surface area contributed by atoms with Crippen LogP contribution in [0.1, 0.15) is 31.8 Å². The summed E-state index contributed by atoms with van der Waals surface area (Å²) in [6.07, 6.45) is 1.75. The molecule has 1 aliphatic carbocycles. The molecular weight excluding hydrogens is 460 g/mol. The predicted molar refractivity (Wildman–Crippen MR) is 135 cm³/mol. The van der Waals surface area contributed by atoms with Gasteiger partial charge in [-0.05, 0) is 6.07 Å². The second kappa shape index (κ2) is 9.52. The summed E-state index contributed by atoms with van der Waals surface area (Å²) >= 11 is 1.23. The number of amides is 1. The van der Waals surface area contributed by atoms with E-state index < -0.39 is 0 Å². The van der Waals surface area contributed by atoms with Gasteiger partial charge in [-0.25, -0.2) is 0 Å². The first kappa shape index (κ1) is 22.5. The Morgan fingerprint density at radius 2 is 1.57 bits per heavy atom. The molecule has 0 bridgehead atoms. The second-order valence-corrected chi connectivity index (χ2v) is 8.78. The molecule has 1 aliphatic rings. The van der Waals surface area contributed by atoms with Crippen molar-refractivity contribution in [1.82, 2.24) is 14.8 Å². The van der Waals surface area contributed by atoms with Gasteiger partial charge in [-0.2, -0.15) is 0 Å². The van der Waals surface area contributed by atoms with Crippen molar-refractivity contribution < 1.29 is 14.4 Å². The van der Waals surface area contributed by atoms with Crippen LogP contribution in [0.25, 0.3) is 11.4 Å². The first-order valence-corrected chi connectivity index (χ1v) is 11.9. The predicted octanol–water partition coefficient (Wildman–Crippen LogP) is 4.64. The van der Waals surface area contributed by atoms with E-state index in [1.165, 1.54) is 11.8 Å². The van der Waals surface area contributed by atoms with Crippen molar-refractivity contribution in [3.63, 3.8) is 0 Å². The monoisotopic (exact) mass is 480 g/mol. The van der Waals surface area contributed by atoms with Gasteiger partial charge in [0.1, 0.15) is 0 Å². The zero-order chi connectivity index (χ0) is 24.4. The van der Waals surface area contributed by atoms with Crippen LogP contribution in [0.2, 0.25) is 0 Å². The van der Waals surface area contributed by atoms with Crippen LogP contribution in [0.4, 0.5) is 5.69 Å². The van der Waals surface area contributed by atoms with E-state index in [-0.39, 0.29) is 34.4 Å². The van der Waals surface area contributed by atoms with Crippen LogP contribution in [0, 0.1) is 0 Å². The molecule has 0 saturated heterocycles. The molecule has 0 aliphatic heterocycles. The molecule has 4 aromatic rings. The Hall–Kier alpha value is -4.30. The number of allylic oxidation sites excluding steroid dienone is 1. The number of carbonyl (C=O) groups is 3. The number of hydrogen-bond donors (Lipinski definition) is 1. The first-order valence-electron chi connectivity index (χ1n) is 10.9. The lowest BCUT2D eigenvalue weighted by molar-refractivity contribution is -0.113. The number of thioether (sulfide) groups is 1. The van der Waals surface area contributed by atoms with Crippen molar-refractivity contribution >= 4 is 34.9 Å². The highest BCUT2D eigenvalue weighted by atomic mass is 32.2. The summed E-state index contributed by atoms with van der Waals surface area (Å²) in [6.45, 7) is 4.30. The lowest BCUT2D eigenvalue weighted by Crippen LogP contribution is -2.24. The third-order valence-electron chi connectivity index (χ3n) is 5.62. The molecule has 5 rings (SSSR count). The molecule has 1 amide bonds. The standard InChI is InChI=1S/C27H20N4O3S/c1-2-15-31-26(17-9-4-3-5-10-17)29-30-27(31)35-16-22(32)28-21-14-8-13-20-23(21)25(34)19-12-7-6-11-18(19)24(20)33/h2-14H,1,15-16H2,(H,28,32). The number of benzene rings is 3. The van der Waals surface area contributed by atoms with E-state index in [9.17, 15) is 14.4 Å². The van der Waals surface area contributed by atoms with Crippen molar-refractivity contribution in [2.24, 2.45) is 0 Å². The maximum absolute atomic E-state index is 13.1. The molecule has 0 spiro atoms. The van der Waals surface area contributed by atoms with Gasteiger partial charge in [0.15, 0.2) is 22.5 Å². The Kier molecular flexibility index (Phi) is 6.12. The molecular formula is C27H20N4O3S. The van der Waals surface area contributed by atoms with Crippen LogP contribution >= 0.6 is 11.8 Å². The number of nitrogens with zero attached hydrogens (tertiary/aromatic N) is 3. The number of aromatic nitrogens is 3. The minimum Gasteiger partial charge on any atom is -0.325 e. The molecule has 0 fully saturated rings. The molecule has 0 atom stereocenters. The van der Waals surface area contributed by atoms with Crippen molar-refractivity contribution in [2.45, 2.75) is 11.7 Å². The van der Waals surface area contributed by atoms with Crippen LogP contribution in [0.5, 0.6) is 0 Å². The van der Waals surface area contributed by atoms with Gasteiger partial charge in [0.05, 0.1) is 17.0 Å². The van der Waals surface area contributed by atoms with Crippen LogP contribution in [0.15, 0.2) is 90.6 Å². The first-order chi connectivity index (χ1) is 17.1. The van der Waals surface area contributed by atoms with E-state index in [4.69, 9.17) is 0 Å². The number of carbonyl (C=O) groups excluding carboxylic acids is 3. The maximum Gasteiger partial charge on any atom is 0.234 e. The van der Waals surface area contributed by atoms with E-state index in [0.717, 1.165) is 5.56 Å². The number of fused-ring (bicyclic) bond motifs is 2. The molecule has 0 radical (unpaired) electrons. The fourth-order valence-electron chi connectivity index (χ4n) is 4.06. The average Bonchev–Trinajstić information content (AvgIpc) is 3.29. The van der Waals surface area contributed by atoms with Gasteiger partial charge in [-0.1, -0.05) is 84.6 Å². The van der Waals surface area contributed by atoms with Gasteiger partial charge in [-0.3, -0.25) is 19.0 Å². The molecule has 1 aromatic heterocycles. The molecule has 0 unspecified atom stereocenters. The Balaban J connectivity index is 1.36. The quantitative estimate of drug-likeness (QED) is 0.269. The molecule has 1 N–H and O–H groups in total. The van der Waals surface area contributed by atoms with E-state index >= 15 is 0 Å². The smallest absolute Gasteiger partial charge is 0.234 e. The van der Waals surface area contributed by atoms with Crippen LogP contribution in [-0.2, 0) is 11.3 Å². The molecule has 7 nitrogen and oxygen atoms in total. The van der Waals surface area contributed by atoms with E-state index in [1.807, 2.05) is 34.9 Å². The average molecular weight is 481 g/mol. The molecule has 172 valence electrons. The zero-order valence-corrected chi connectivity index (χ0v) is 19.4. The summed E-state index contributed by atoms with van der Waals surface area (Å²) in [5.74, 6) is -0.0965. The number of hydrogen-bond acceptors (Lipinski definition) is 6. The summed E-state index contributed by atoms with van der Waals surface area (Å²) in [6, 6.07) is 21.3. The summed E-state index contributed by atoms with van der Waals surface area (Å²) in [5, 5.41) is 11.9. The van der Waals surface area contributed by atoms with Crippen molar-refractivity contribution in [3.05, 3.63) is 108 Å². The van der Waals surface area contributed by atoms with E-state index in [1.54, 1.807) is 48.5 Å². The summed E-state index contributed by atoms with van der Waals surface area (Å²) < 4.78 is 1.89. The highest BCUT2D eigenvalue weighted by Crippen LogP contribution is 2.32. The number of anilines is 1. The number of rotatable bonds is 7. The highest BCUT2D eigenvalue weighted by Gasteiger charge is 2.31. The van der Waals surface area contributed by atoms with Gasteiger partial charge in [0.25, 0.3) is 0 Å². The Morgan fingerprint density at radius 3 is 2.31 bits per heavy atom. The Morgan fingerprint density at radius 1 is 0.886 bits per heavy atom. The maximum atomic E-state index is 13.1. The van der Waals surface area contributed by atoms with Gasteiger partial charge >= 0.3 is 0 Å². The minimum atomic E-state index is -0.322. The van der Waals surface area contributed by atoms with Crippen LogP contribution in [-0.4, -0.2) is 38.0 Å². The van der Waals surface area contributed by atoms with Gasteiger partial charge in [0.2, 0.25) is 5.91 Å². The minimum absolute atomic E-state index is 0.0481. The van der Waals surface area contributed by atoms with Crippen molar-refractivity contribution in [2.75, 3.05) is 11.1 Å². The largest absolute Gasteiger partial charge is 0.325 e. The zero-order valence-electron chi connectivity index (χ0n) is 18.6. The molecule has 3 aromatic carbocycles. The van der Waals surface area contributed by atoms with Gasteiger partial charge < -0.3 is 5.32 Å². The lowest BCUT2D eigenvalue weighted by Gasteiger charge is -2.20. The van der Waals surface area contributed by atoms with Crippen molar-refractivity contribution in [1.29, 1.82) is 0 Å². The van der Waals surface area contributed by atoms with E-state index in [0.29, 0.717) is 34.3 Å². The Bertz CT molecular complexity index is 1480. The topological polar surface area (TPSA) is 94.0 Å². The highest BCUT2D eigenvalue weighted by molar-refractivity contribution is 7.99. The number of nitrogens with one attached hydrogen (secondary N) is 1. The fourth-order valence-corrected chi connectivity index (χ4v) is 4.80. The van der Waals surface area contributed by atoms with Crippen LogP contribution < -0.4 is 5.32 Å².